The highest BCUT2D eigenvalue weighted by Crippen LogP contribution is 2.25. The molecule has 0 saturated carbocycles. The Morgan fingerprint density at radius 2 is 1.66 bits per heavy atom. The molecule has 6 nitrogen and oxygen atoms in total. The number of piperazine rings is 1. The van der Waals surface area contributed by atoms with Crippen LogP contribution in [0.25, 0.3) is 0 Å². The number of carbonyl (C=O) groups is 1. The van der Waals surface area contributed by atoms with Gasteiger partial charge in [0.1, 0.15) is 30.3 Å². The third-order valence-corrected chi connectivity index (χ3v) is 5.45. The summed E-state index contributed by atoms with van der Waals surface area (Å²) >= 11 is 6.21. The van der Waals surface area contributed by atoms with Gasteiger partial charge < -0.3 is 19.1 Å². The molecule has 0 radical (unpaired) electrons. The fraction of sp³-hybridized carbons (Fsp3) is 0.480. The number of amides is 1. The first-order chi connectivity index (χ1) is 15.2. The van der Waals surface area contributed by atoms with Crippen LogP contribution < -0.4 is 9.47 Å². The highest BCUT2D eigenvalue weighted by atomic mass is 35.5. The number of ether oxygens (including phenoxy) is 3. The van der Waals surface area contributed by atoms with Gasteiger partial charge in [0.25, 0.3) is 0 Å². The van der Waals surface area contributed by atoms with Crippen LogP contribution in [0.2, 0.25) is 5.02 Å². The number of benzene rings is 2. The number of carbonyl (C=O) groups excluding carboxylic acids is 1. The van der Waals surface area contributed by atoms with Crippen molar-refractivity contribution in [3.8, 4) is 11.5 Å². The zero-order valence-electron chi connectivity index (χ0n) is 19.4. The van der Waals surface area contributed by atoms with Gasteiger partial charge in [-0.3, -0.25) is 4.90 Å². The van der Waals surface area contributed by atoms with E-state index in [2.05, 4.69) is 4.90 Å². The van der Waals surface area contributed by atoms with Crippen molar-refractivity contribution in [1.29, 1.82) is 0 Å². The molecule has 174 valence electrons. The molecule has 0 unspecified atom stereocenters. The van der Waals surface area contributed by atoms with E-state index in [0.29, 0.717) is 31.3 Å². The van der Waals surface area contributed by atoms with Crippen molar-refractivity contribution in [3.05, 3.63) is 58.6 Å². The molecule has 0 aromatic heterocycles. The first-order valence-corrected chi connectivity index (χ1v) is 11.4. The fourth-order valence-corrected chi connectivity index (χ4v) is 3.62. The SMILES string of the molecule is Cc1cc(OCCN2CCN(C(=O)OC(C)(C)C)CC2)cc(OCc2ccccc2Cl)c1. The molecule has 0 spiro atoms. The van der Waals surface area contributed by atoms with Crippen molar-refractivity contribution in [1.82, 2.24) is 9.80 Å². The molecule has 0 bridgehead atoms. The van der Waals surface area contributed by atoms with E-state index in [0.717, 1.165) is 42.3 Å². The molecule has 32 heavy (non-hydrogen) atoms. The van der Waals surface area contributed by atoms with E-state index in [1.165, 1.54) is 0 Å². The van der Waals surface area contributed by atoms with E-state index < -0.39 is 5.60 Å². The predicted octanol–water partition coefficient (Wildman–Crippen LogP) is 5.16. The van der Waals surface area contributed by atoms with E-state index >= 15 is 0 Å². The third kappa shape index (κ3) is 7.61. The molecule has 0 N–H and O–H groups in total. The van der Waals surface area contributed by atoms with E-state index in [-0.39, 0.29) is 6.09 Å². The Hall–Kier alpha value is -2.44. The van der Waals surface area contributed by atoms with Gasteiger partial charge >= 0.3 is 6.09 Å². The molecule has 1 amide bonds. The van der Waals surface area contributed by atoms with Gasteiger partial charge in [0, 0.05) is 49.4 Å². The maximum atomic E-state index is 12.2. The summed E-state index contributed by atoms with van der Waals surface area (Å²) < 4.78 is 17.4. The lowest BCUT2D eigenvalue weighted by Crippen LogP contribution is -2.50. The van der Waals surface area contributed by atoms with Gasteiger partial charge in [0.05, 0.1) is 0 Å². The minimum absolute atomic E-state index is 0.238. The molecule has 2 aromatic carbocycles. The average Bonchev–Trinajstić information content (AvgIpc) is 2.72. The van der Waals surface area contributed by atoms with Crippen molar-refractivity contribution < 1.29 is 19.0 Å². The Bertz CT molecular complexity index is 905. The molecule has 3 rings (SSSR count). The predicted molar refractivity (Wildman–Crippen MR) is 127 cm³/mol. The molecule has 7 heteroatoms. The summed E-state index contributed by atoms with van der Waals surface area (Å²) in [5.74, 6) is 1.54. The van der Waals surface area contributed by atoms with Crippen LogP contribution in [0.5, 0.6) is 11.5 Å². The lowest BCUT2D eigenvalue weighted by atomic mass is 10.2. The third-order valence-electron chi connectivity index (χ3n) is 5.08. The van der Waals surface area contributed by atoms with Gasteiger partial charge in [-0.15, -0.1) is 0 Å². The Morgan fingerprint density at radius 1 is 1.00 bits per heavy atom. The van der Waals surface area contributed by atoms with Crippen LogP contribution in [-0.4, -0.2) is 60.8 Å². The number of hydrogen-bond acceptors (Lipinski definition) is 5. The molecule has 1 heterocycles. The largest absolute Gasteiger partial charge is 0.492 e. The van der Waals surface area contributed by atoms with E-state index in [1.54, 1.807) is 4.90 Å². The first-order valence-electron chi connectivity index (χ1n) is 11.0. The molecular formula is C25H33ClN2O4. The van der Waals surface area contributed by atoms with Gasteiger partial charge in [-0.2, -0.15) is 0 Å². The monoisotopic (exact) mass is 460 g/mol. The molecule has 1 aliphatic rings. The van der Waals surface area contributed by atoms with Gasteiger partial charge in [-0.05, 0) is 51.5 Å². The number of halogens is 1. The second kappa shape index (κ2) is 10.9. The minimum atomic E-state index is -0.466. The van der Waals surface area contributed by atoms with E-state index in [4.69, 9.17) is 25.8 Å². The van der Waals surface area contributed by atoms with E-state index in [9.17, 15) is 4.79 Å². The second-order valence-electron chi connectivity index (χ2n) is 9.02. The quantitative estimate of drug-likeness (QED) is 0.571. The molecule has 0 atom stereocenters. The van der Waals surface area contributed by atoms with Crippen molar-refractivity contribution >= 4 is 17.7 Å². The van der Waals surface area contributed by atoms with Gasteiger partial charge in [-0.25, -0.2) is 4.79 Å². The maximum absolute atomic E-state index is 12.2. The van der Waals surface area contributed by atoms with Crippen molar-refractivity contribution in [3.63, 3.8) is 0 Å². The van der Waals surface area contributed by atoms with Crippen LogP contribution in [0.3, 0.4) is 0 Å². The Morgan fingerprint density at radius 3 is 2.31 bits per heavy atom. The Labute approximate surface area is 196 Å². The molecular weight excluding hydrogens is 428 g/mol. The summed E-state index contributed by atoms with van der Waals surface area (Å²) in [5.41, 5.74) is 1.55. The van der Waals surface area contributed by atoms with Crippen LogP contribution in [0.4, 0.5) is 4.79 Å². The number of aryl methyl sites for hydroxylation is 1. The summed E-state index contributed by atoms with van der Waals surface area (Å²) in [4.78, 5) is 16.3. The molecule has 1 fully saturated rings. The van der Waals surface area contributed by atoms with Crippen molar-refractivity contribution in [2.45, 2.75) is 39.9 Å². The number of nitrogens with zero attached hydrogens (tertiary/aromatic N) is 2. The van der Waals surface area contributed by atoms with Gasteiger partial charge in [-0.1, -0.05) is 29.8 Å². The number of rotatable bonds is 7. The Balaban J connectivity index is 1.43. The fourth-order valence-electron chi connectivity index (χ4n) is 3.43. The molecule has 2 aromatic rings. The first kappa shape index (κ1) is 24.2. The van der Waals surface area contributed by atoms with Crippen molar-refractivity contribution in [2.24, 2.45) is 0 Å². The summed E-state index contributed by atoms with van der Waals surface area (Å²) in [6.45, 7) is 12.4. The zero-order chi connectivity index (χ0) is 23.1. The average molecular weight is 461 g/mol. The van der Waals surface area contributed by atoms with Crippen LogP contribution in [0, 0.1) is 6.92 Å². The number of hydrogen-bond donors (Lipinski definition) is 0. The summed E-state index contributed by atoms with van der Waals surface area (Å²) in [6, 6.07) is 13.6. The lowest BCUT2D eigenvalue weighted by molar-refractivity contribution is 0.0137. The van der Waals surface area contributed by atoms with Crippen LogP contribution >= 0.6 is 11.6 Å². The molecule has 1 aliphatic heterocycles. The minimum Gasteiger partial charge on any atom is -0.492 e. The lowest BCUT2D eigenvalue weighted by Gasteiger charge is -2.35. The topological polar surface area (TPSA) is 51.2 Å². The highest BCUT2D eigenvalue weighted by Gasteiger charge is 2.25. The van der Waals surface area contributed by atoms with Gasteiger partial charge in [0.2, 0.25) is 0 Å². The van der Waals surface area contributed by atoms with Crippen LogP contribution in [0.1, 0.15) is 31.9 Å². The Kier molecular flexibility index (Phi) is 8.26. The zero-order valence-corrected chi connectivity index (χ0v) is 20.2. The second-order valence-corrected chi connectivity index (χ2v) is 9.43. The van der Waals surface area contributed by atoms with Crippen LogP contribution in [0.15, 0.2) is 42.5 Å². The van der Waals surface area contributed by atoms with Gasteiger partial charge in [0.15, 0.2) is 0 Å². The maximum Gasteiger partial charge on any atom is 0.410 e. The highest BCUT2D eigenvalue weighted by molar-refractivity contribution is 6.31. The summed E-state index contributed by atoms with van der Waals surface area (Å²) in [6.07, 6.45) is -0.238. The standard InChI is InChI=1S/C25H33ClN2O4/c1-19-15-21(17-22(16-19)31-18-20-7-5-6-8-23(20)26)30-14-13-27-9-11-28(12-10-27)24(29)32-25(2,3)4/h5-8,15-17H,9-14,18H2,1-4H3. The van der Waals surface area contributed by atoms with E-state index in [1.807, 2.05) is 70.2 Å². The summed E-state index contributed by atoms with van der Waals surface area (Å²) in [5, 5.41) is 0.698. The molecule has 1 saturated heterocycles. The smallest absolute Gasteiger partial charge is 0.410 e. The van der Waals surface area contributed by atoms with Crippen LogP contribution in [-0.2, 0) is 11.3 Å². The molecule has 0 aliphatic carbocycles. The normalized spacial score (nSPS) is 14.8. The van der Waals surface area contributed by atoms with Crippen molar-refractivity contribution in [2.75, 3.05) is 39.3 Å². The summed E-state index contributed by atoms with van der Waals surface area (Å²) in [7, 11) is 0.